The Morgan fingerprint density at radius 1 is 0.517 bits per heavy atom. The molecule has 0 unspecified atom stereocenters. The van der Waals surface area contributed by atoms with E-state index in [-0.39, 0.29) is 39.1 Å². The van der Waals surface area contributed by atoms with Gasteiger partial charge in [-0.3, -0.25) is 0 Å². The normalized spacial score (nSPS) is 53.6. The summed E-state index contributed by atoms with van der Waals surface area (Å²) >= 11 is 0. The zero-order valence-corrected chi connectivity index (χ0v) is 50.4. The number of carbonyl (C=O) groups is 1. The van der Waals surface area contributed by atoms with Gasteiger partial charge in [-0.25, -0.2) is 4.79 Å². The summed E-state index contributed by atoms with van der Waals surface area (Å²) in [6.45, 7) is 11.2. The van der Waals surface area contributed by atoms with Crippen LogP contribution in [0.1, 0.15) is 106 Å². The van der Waals surface area contributed by atoms with E-state index in [1.54, 1.807) is 13.0 Å². The van der Waals surface area contributed by atoms with Gasteiger partial charge in [0.25, 0.3) is 0 Å². The molecule has 5 aliphatic carbocycles. The van der Waals surface area contributed by atoms with Crippen molar-refractivity contribution >= 4 is 5.97 Å². The van der Waals surface area contributed by atoms with E-state index in [1.165, 1.54) is 6.92 Å². The zero-order valence-electron chi connectivity index (χ0n) is 50.4. The third kappa shape index (κ3) is 11.5. The van der Waals surface area contributed by atoms with Gasteiger partial charge in [0.1, 0.15) is 116 Å². The van der Waals surface area contributed by atoms with Crippen molar-refractivity contribution in [3.05, 3.63) is 23.8 Å². The number of allylic oxidation sites excluding steroid dienone is 3. The summed E-state index contributed by atoms with van der Waals surface area (Å²) in [5.41, 5.74) is -0.178. The summed E-state index contributed by atoms with van der Waals surface area (Å²) < 4.78 is 62.0. The fourth-order valence-corrected chi connectivity index (χ4v) is 18.1. The molecule has 16 N–H and O–H groups in total. The summed E-state index contributed by atoms with van der Waals surface area (Å²) in [5.74, 6) is 0.283. The predicted molar refractivity (Wildman–Crippen MR) is 294 cm³/mol. The Labute approximate surface area is 505 Å². The molecule has 10 rings (SSSR count). The first-order chi connectivity index (χ1) is 41.0. The third-order valence-electron chi connectivity index (χ3n) is 23.4. The molecule has 0 aromatic rings. The standard InChI is InChI=1S/C60H96O27/c1-24(9-8-10-25(2)50(76)77)27-13-15-58(7)33-12-11-32-56(4,5)34(14-16-59(32)23-60(33,59)18-17-57(27,58)6)84-55-49(47(39(68)30(21-63)82-55)85-53-46(75)42(71)37(66)29(20-62)81-53)87-54-48(86-52-45(74)40(69)35(64)26(3)79-52)43(72)38(67)31(83-54)22-78-51-44(73)41(70)36(65)28(19-61)80-51/h8-10,24,26-49,51-55,61-75H,11-23H2,1-7H3,(H,76,77)/b9-8+,25-10+/t24-,26+,27-,28-,29-,30-,31-,32+,33+,34+,35+,36-,37-,38-,39-,40-,41+,42+,43+,44-,45-,46-,47+,48-,49-,51-,52+,53+,54+,55+,57-,58+,59-,60+/m1/s1. The predicted octanol–water partition coefficient (Wildman–Crippen LogP) is -2.84. The van der Waals surface area contributed by atoms with E-state index >= 15 is 0 Å². The maximum atomic E-state index is 12.2. The second-order valence-electron chi connectivity index (χ2n) is 28.0. The SMILES string of the molecule is C/C(=C\C=C\[C@@H](C)[C@H]1CC[C@@]2(C)[C@@H]3CC[C@H]4C(C)(C)[C@@H](O[C@@H]5O[C@H](CO)[C@@H](O)[C@H](O[C@@H]6O[C@H](CO)[C@@H](O)[C@H](O)[C@H]6O)[C@H]5O[C@@H]5O[C@H](CO[C@@H]6O[C@H](CO)[C@@H](O)[C@H](O)[C@H]6O)[C@@H](O)[C@H](O)[C@H]5O[C@@H]5O[C@@H](C)[C@H](O)[C@@H](O)[C@H]5O)CC[C@@]45C[C@@]35CC[C@]12C)C(=O)O. The number of carboxylic acids is 1. The molecule has 0 radical (unpaired) electrons. The van der Waals surface area contributed by atoms with E-state index in [0.717, 1.165) is 51.4 Å². The van der Waals surface area contributed by atoms with E-state index in [1.807, 2.05) is 6.08 Å². The Hall–Kier alpha value is -2.05. The Morgan fingerprint density at radius 2 is 1.02 bits per heavy atom. The van der Waals surface area contributed by atoms with E-state index < -0.39 is 197 Å². The fourth-order valence-electron chi connectivity index (χ4n) is 18.1. The van der Waals surface area contributed by atoms with Crippen LogP contribution in [0.2, 0.25) is 0 Å². The molecule has 10 fully saturated rings. The van der Waals surface area contributed by atoms with Gasteiger partial charge in [-0.1, -0.05) is 52.8 Å². The van der Waals surface area contributed by atoms with Crippen LogP contribution >= 0.6 is 0 Å². The highest BCUT2D eigenvalue weighted by Gasteiger charge is 2.82. The van der Waals surface area contributed by atoms with Gasteiger partial charge in [0.2, 0.25) is 0 Å². The molecule has 5 aliphatic heterocycles. The number of aliphatic hydroxyl groups excluding tert-OH is 15. The lowest BCUT2D eigenvalue weighted by Crippen LogP contribution is -2.69. The van der Waals surface area contributed by atoms with Crippen molar-refractivity contribution < 1.29 is 134 Å². The zero-order chi connectivity index (χ0) is 63.4. The van der Waals surface area contributed by atoms with Gasteiger partial charge in [0, 0.05) is 5.57 Å². The molecule has 87 heavy (non-hydrogen) atoms. The first kappa shape index (κ1) is 67.8. The molecule has 0 amide bonds. The minimum absolute atomic E-state index is 0.0225. The van der Waals surface area contributed by atoms with Crippen molar-refractivity contribution in [3.8, 4) is 0 Å². The number of hydrogen-bond acceptors (Lipinski definition) is 26. The topological polar surface area (TPSA) is 433 Å². The Morgan fingerprint density at radius 3 is 1.66 bits per heavy atom. The highest BCUT2D eigenvalue weighted by Crippen LogP contribution is 2.89. The van der Waals surface area contributed by atoms with Gasteiger partial charge >= 0.3 is 5.97 Å². The fraction of sp³-hybridized carbons (Fsp3) is 0.917. The molecular weight excluding hydrogens is 1150 g/mol. The molecule has 498 valence electrons. The van der Waals surface area contributed by atoms with Crippen LogP contribution in [-0.4, -0.2) is 274 Å². The number of aliphatic hydroxyl groups is 15. The lowest BCUT2D eigenvalue weighted by atomic mass is 9.42. The number of rotatable bonds is 18. The highest BCUT2D eigenvalue weighted by atomic mass is 16.8. The summed E-state index contributed by atoms with van der Waals surface area (Å²) in [6, 6.07) is 0. The van der Waals surface area contributed by atoms with Crippen molar-refractivity contribution in [1.29, 1.82) is 0 Å². The molecular formula is C60H96O27. The van der Waals surface area contributed by atoms with Gasteiger partial charge in [0.05, 0.1) is 38.6 Å². The number of carboxylic acid groups (broad SMARTS) is 1. The van der Waals surface area contributed by atoms with Crippen molar-refractivity contribution in [1.82, 2.24) is 0 Å². The van der Waals surface area contributed by atoms with Gasteiger partial charge in [-0.2, -0.15) is 0 Å². The second kappa shape index (κ2) is 25.7. The van der Waals surface area contributed by atoms with E-state index in [2.05, 4.69) is 40.7 Å². The maximum absolute atomic E-state index is 12.2. The van der Waals surface area contributed by atoms with Crippen LogP contribution < -0.4 is 0 Å². The summed E-state index contributed by atoms with van der Waals surface area (Å²) in [4.78, 5) is 11.5. The molecule has 0 aromatic carbocycles. The third-order valence-corrected chi connectivity index (χ3v) is 23.4. The van der Waals surface area contributed by atoms with Gasteiger partial charge in [-0.05, 0) is 122 Å². The molecule has 0 aromatic heterocycles. The second-order valence-corrected chi connectivity index (χ2v) is 28.0. The van der Waals surface area contributed by atoms with Crippen LogP contribution in [0.5, 0.6) is 0 Å². The molecule has 27 nitrogen and oxygen atoms in total. The quantitative estimate of drug-likeness (QED) is 0.0373. The lowest BCUT2D eigenvalue weighted by Gasteiger charge is -2.63. The van der Waals surface area contributed by atoms with Crippen LogP contribution in [0.25, 0.3) is 0 Å². The van der Waals surface area contributed by atoms with Crippen LogP contribution in [0.15, 0.2) is 23.8 Å². The molecule has 5 heterocycles. The van der Waals surface area contributed by atoms with Crippen LogP contribution in [0.3, 0.4) is 0 Å². The average Bonchev–Trinajstić information content (AvgIpc) is 1.47. The molecule has 34 atom stereocenters. The summed E-state index contributed by atoms with van der Waals surface area (Å²) in [5, 5.41) is 174. The summed E-state index contributed by atoms with van der Waals surface area (Å²) in [7, 11) is 0. The average molecular weight is 1250 g/mol. The van der Waals surface area contributed by atoms with Crippen molar-refractivity contribution in [2.24, 2.45) is 50.7 Å². The van der Waals surface area contributed by atoms with E-state index in [4.69, 9.17) is 47.4 Å². The first-order valence-electron chi connectivity index (χ1n) is 31.1. The molecule has 5 saturated carbocycles. The summed E-state index contributed by atoms with van der Waals surface area (Å²) in [6.07, 6.45) is -31.6. The first-order valence-corrected chi connectivity index (χ1v) is 31.1. The Bertz CT molecular complexity index is 2430. The Kier molecular flexibility index (Phi) is 20.0. The Balaban J connectivity index is 0.958. The molecule has 0 bridgehead atoms. The smallest absolute Gasteiger partial charge is 0.331 e. The van der Waals surface area contributed by atoms with Crippen molar-refractivity contribution in [2.75, 3.05) is 26.4 Å². The maximum Gasteiger partial charge on any atom is 0.331 e. The molecule has 27 heteroatoms. The van der Waals surface area contributed by atoms with Gasteiger partial charge < -0.3 is 129 Å². The van der Waals surface area contributed by atoms with Crippen molar-refractivity contribution in [3.63, 3.8) is 0 Å². The number of ether oxygens (including phenoxy) is 10. The lowest BCUT2D eigenvalue weighted by molar-refractivity contribution is -0.412. The largest absolute Gasteiger partial charge is 0.478 e. The molecule has 2 spiro atoms. The van der Waals surface area contributed by atoms with E-state index in [0.29, 0.717) is 18.3 Å². The highest BCUT2D eigenvalue weighted by molar-refractivity contribution is 5.86. The number of aliphatic carboxylic acids is 1. The van der Waals surface area contributed by atoms with Crippen LogP contribution in [0, 0.1) is 50.7 Å². The monoisotopic (exact) mass is 1250 g/mol. The van der Waals surface area contributed by atoms with Crippen LogP contribution in [-0.2, 0) is 52.2 Å². The molecule has 10 aliphatic rings. The minimum Gasteiger partial charge on any atom is -0.478 e. The number of fused-ring (bicyclic) bond motifs is 2. The number of hydrogen-bond donors (Lipinski definition) is 16. The molecule has 5 saturated heterocycles. The van der Waals surface area contributed by atoms with Crippen molar-refractivity contribution in [2.45, 2.75) is 266 Å². The van der Waals surface area contributed by atoms with E-state index in [9.17, 15) is 86.5 Å². The minimum atomic E-state index is -2.12. The van der Waals surface area contributed by atoms with Crippen LogP contribution in [0.4, 0.5) is 0 Å². The van der Waals surface area contributed by atoms with Gasteiger partial charge in [0.15, 0.2) is 31.5 Å². The van der Waals surface area contributed by atoms with Gasteiger partial charge in [-0.15, -0.1) is 0 Å².